The summed E-state index contributed by atoms with van der Waals surface area (Å²) in [6, 6.07) is 16.4. The standard InChI is InChI=1S/C24H28N2O2/c1-4-8-21(19-9-6-5-7-10-19)26-23(27)13-14-24-25-16-22(28-24)20-12-11-17(2)18(3)15-20/h5-7,9-12,15-16,21H,4,8,13-14H2,1-3H3,(H,26,27)/t21-/m1/s1. The van der Waals surface area contributed by atoms with Crippen LogP contribution in [0.1, 0.15) is 54.8 Å². The summed E-state index contributed by atoms with van der Waals surface area (Å²) >= 11 is 0. The average molecular weight is 377 g/mol. The highest BCUT2D eigenvalue weighted by molar-refractivity contribution is 5.76. The molecule has 0 saturated heterocycles. The van der Waals surface area contributed by atoms with Crippen LogP contribution in [0.25, 0.3) is 11.3 Å². The quantitative estimate of drug-likeness (QED) is 0.561. The minimum absolute atomic E-state index is 0.0215. The van der Waals surface area contributed by atoms with Gasteiger partial charge < -0.3 is 9.73 Å². The van der Waals surface area contributed by atoms with Crippen LogP contribution < -0.4 is 5.32 Å². The zero-order valence-corrected chi connectivity index (χ0v) is 16.9. The predicted octanol–water partition coefficient (Wildman–Crippen LogP) is 5.55. The minimum atomic E-state index is 0.0215. The molecule has 0 unspecified atom stereocenters. The number of hydrogen-bond donors (Lipinski definition) is 1. The Morgan fingerprint density at radius 1 is 1.11 bits per heavy atom. The van der Waals surface area contributed by atoms with Gasteiger partial charge in [0.05, 0.1) is 12.2 Å². The number of rotatable bonds is 8. The van der Waals surface area contributed by atoms with E-state index >= 15 is 0 Å². The number of aromatic nitrogens is 1. The molecule has 0 aliphatic rings. The van der Waals surface area contributed by atoms with Gasteiger partial charge in [-0.05, 0) is 43.0 Å². The molecule has 1 N–H and O–H groups in total. The molecule has 4 heteroatoms. The number of carbonyl (C=O) groups is 1. The van der Waals surface area contributed by atoms with Crippen molar-refractivity contribution in [2.75, 3.05) is 0 Å². The van der Waals surface area contributed by atoms with Crippen LogP contribution in [-0.2, 0) is 11.2 Å². The molecule has 146 valence electrons. The highest BCUT2D eigenvalue weighted by Crippen LogP contribution is 2.23. The summed E-state index contributed by atoms with van der Waals surface area (Å²) in [7, 11) is 0. The molecule has 0 radical (unpaired) electrons. The maximum absolute atomic E-state index is 12.5. The summed E-state index contributed by atoms with van der Waals surface area (Å²) < 4.78 is 5.86. The van der Waals surface area contributed by atoms with Crippen molar-refractivity contribution < 1.29 is 9.21 Å². The Morgan fingerprint density at radius 3 is 2.61 bits per heavy atom. The molecule has 0 aliphatic heterocycles. The monoisotopic (exact) mass is 376 g/mol. The van der Waals surface area contributed by atoms with Gasteiger partial charge in [-0.3, -0.25) is 4.79 Å². The Balaban J connectivity index is 1.58. The first-order valence-electron chi connectivity index (χ1n) is 9.93. The molecular weight excluding hydrogens is 348 g/mol. The Morgan fingerprint density at radius 2 is 1.89 bits per heavy atom. The second-order valence-corrected chi connectivity index (χ2v) is 7.24. The highest BCUT2D eigenvalue weighted by Gasteiger charge is 2.15. The number of carbonyl (C=O) groups excluding carboxylic acids is 1. The van der Waals surface area contributed by atoms with Crippen LogP contribution >= 0.6 is 0 Å². The van der Waals surface area contributed by atoms with Crippen LogP contribution in [0.2, 0.25) is 0 Å². The van der Waals surface area contributed by atoms with Crippen molar-refractivity contribution in [3.63, 3.8) is 0 Å². The van der Waals surface area contributed by atoms with Gasteiger partial charge in [0.15, 0.2) is 11.7 Å². The maximum Gasteiger partial charge on any atom is 0.220 e. The second-order valence-electron chi connectivity index (χ2n) is 7.24. The molecule has 1 heterocycles. The van der Waals surface area contributed by atoms with E-state index in [0.29, 0.717) is 18.7 Å². The average Bonchev–Trinajstić information content (AvgIpc) is 3.18. The van der Waals surface area contributed by atoms with Gasteiger partial charge in [0.1, 0.15) is 0 Å². The van der Waals surface area contributed by atoms with Gasteiger partial charge in [0.25, 0.3) is 0 Å². The number of amides is 1. The van der Waals surface area contributed by atoms with Crippen LogP contribution in [0, 0.1) is 13.8 Å². The van der Waals surface area contributed by atoms with E-state index in [2.05, 4.69) is 55.3 Å². The fourth-order valence-electron chi connectivity index (χ4n) is 3.24. The van der Waals surface area contributed by atoms with Crippen molar-refractivity contribution >= 4 is 5.91 Å². The van der Waals surface area contributed by atoms with Crippen molar-refractivity contribution in [2.45, 2.75) is 52.5 Å². The van der Waals surface area contributed by atoms with E-state index in [1.807, 2.05) is 24.3 Å². The van der Waals surface area contributed by atoms with E-state index in [1.54, 1.807) is 6.20 Å². The summed E-state index contributed by atoms with van der Waals surface area (Å²) in [5, 5.41) is 3.15. The molecule has 4 nitrogen and oxygen atoms in total. The maximum atomic E-state index is 12.5. The predicted molar refractivity (Wildman–Crippen MR) is 112 cm³/mol. The van der Waals surface area contributed by atoms with E-state index < -0.39 is 0 Å². The number of aryl methyl sites for hydroxylation is 3. The molecule has 28 heavy (non-hydrogen) atoms. The lowest BCUT2D eigenvalue weighted by Crippen LogP contribution is -2.28. The summed E-state index contributed by atoms with van der Waals surface area (Å²) in [4.78, 5) is 16.8. The van der Waals surface area contributed by atoms with Gasteiger partial charge in [-0.25, -0.2) is 4.98 Å². The van der Waals surface area contributed by atoms with Crippen molar-refractivity contribution in [2.24, 2.45) is 0 Å². The van der Waals surface area contributed by atoms with E-state index in [4.69, 9.17) is 4.42 Å². The largest absolute Gasteiger partial charge is 0.441 e. The van der Waals surface area contributed by atoms with Crippen LogP contribution in [0.5, 0.6) is 0 Å². The molecule has 3 aromatic rings. The number of hydrogen-bond acceptors (Lipinski definition) is 3. The normalized spacial score (nSPS) is 12.0. The molecule has 0 aliphatic carbocycles. The fraction of sp³-hybridized carbons (Fsp3) is 0.333. The molecule has 1 amide bonds. The molecule has 0 bridgehead atoms. The highest BCUT2D eigenvalue weighted by atomic mass is 16.4. The Hall–Kier alpha value is -2.88. The molecule has 2 aromatic carbocycles. The van der Waals surface area contributed by atoms with Gasteiger partial charge in [-0.2, -0.15) is 0 Å². The lowest BCUT2D eigenvalue weighted by Gasteiger charge is -2.18. The van der Waals surface area contributed by atoms with Crippen molar-refractivity contribution in [3.8, 4) is 11.3 Å². The smallest absolute Gasteiger partial charge is 0.220 e. The van der Waals surface area contributed by atoms with Crippen molar-refractivity contribution in [3.05, 3.63) is 77.3 Å². The number of benzene rings is 2. The van der Waals surface area contributed by atoms with Gasteiger partial charge in [-0.15, -0.1) is 0 Å². The third kappa shape index (κ3) is 5.10. The van der Waals surface area contributed by atoms with Crippen LogP contribution in [0.4, 0.5) is 0 Å². The van der Waals surface area contributed by atoms with Gasteiger partial charge in [0.2, 0.25) is 5.91 Å². The third-order valence-electron chi connectivity index (χ3n) is 5.03. The Labute approximate surface area is 167 Å². The van der Waals surface area contributed by atoms with E-state index in [9.17, 15) is 4.79 Å². The fourth-order valence-corrected chi connectivity index (χ4v) is 3.24. The summed E-state index contributed by atoms with van der Waals surface area (Å²) in [6.07, 6.45) is 4.52. The summed E-state index contributed by atoms with van der Waals surface area (Å²) in [5.74, 6) is 1.36. The lowest BCUT2D eigenvalue weighted by molar-refractivity contribution is -0.121. The topological polar surface area (TPSA) is 55.1 Å². The van der Waals surface area contributed by atoms with Crippen LogP contribution in [-0.4, -0.2) is 10.9 Å². The molecule has 0 spiro atoms. The van der Waals surface area contributed by atoms with Gasteiger partial charge in [0, 0.05) is 18.4 Å². The first kappa shape index (κ1) is 19.9. The molecular formula is C24H28N2O2. The summed E-state index contributed by atoms with van der Waals surface area (Å²) in [6.45, 7) is 6.30. The molecule has 1 atom stereocenters. The molecule has 3 rings (SSSR count). The zero-order chi connectivity index (χ0) is 19.9. The Kier molecular flexibility index (Phi) is 6.64. The first-order chi connectivity index (χ1) is 13.6. The SMILES string of the molecule is CCC[C@@H](NC(=O)CCc1ncc(-c2ccc(C)c(C)c2)o1)c1ccccc1. The first-order valence-corrected chi connectivity index (χ1v) is 9.93. The number of nitrogens with zero attached hydrogens (tertiary/aromatic N) is 1. The second kappa shape index (κ2) is 9.36. The minimum Gasteiger partial charge on any atom is -0.441 e. The van der Waals surface area contributed by atoms with E-state index in [0.717, 1.165) is 29.7 Å². The zero-order valence-electron chi connectivity index (χ0n) is 16.9. The third-order valence-corrected chi connectivity index (χ3v) is 5.03. The van der Waals surface area contributed by atoms with Gasteiger partial charge >= 0.3 is 0 Å². The number of oxazole rings is 1. The van der Waals surface area contributed by atoms with E-state index in [1.165, 1.54) is 11.1 Å². The van der Waals surface area contributed by atoms with Crippen LogP contribution in [0.3, 0.4) is 0 Å². The van der Waals surface area contributed by atoms with Crippen LogP contribution in [0.15, 0.2) is 59.1 Å². The molecule has 0 fully saturated rings. The van der Waals surface area contributed by atoms with Crippen molar-refractivity contribution in [1.29, 1.82) is 0 Å². The van der Waals surface area contributed by atoms with Crippen molar-refractivity contribution in [1.82, 2.24) is 10.3 Å². The molecule has 1 aromatic heterocycles. The van der Waals surface area contributed by atoms with E-state index in [-0.39, 0.29) is 11.9 Å². The molecule has 0 saturated carbocycles. The van der Waals surface area contributed by atoms with Gasteiger partial charge in [-0.1, -0.05) is 55.8 Å². The lowest BCUT2D eigenvalue weighted by atomic mass is 10.0. The summed E-state index contributed by atoms with van der Waals surface area (Å²) in [5.41, 5.74) is 4.63. The Bertz CT molecular complexity index is 915. The number of nitrogens with one attached hydrogen (secondary N) is 1.